The van der Waals surface area contributed by atoms with Crippen molar-refractivity contribution in [2.75, 3.05) is 66.4 Å². The van der Waals surface area contributed by atoms with E-state index in [2.05, 4.69) is 41.8 Å². The van der Waals surface area contributed by atoms with E-state index in [-0.39, 0.29) is 5.41 Å². The van der Waals surface area contributed by atoms with Gasteiger partial charge in [0.15, 0.2) is 5.96 Å². The summed E-state index contributed by atoms with van der Waals surface area (Å²) in [6, 6.07) is 8.49. The molecule has 7 heteroatoms. The lowest BCUT2D eigenvalue weighted by Gasteiger charge is -2.36. The first-order chi connectivity index (χ1) is 14.7. The van der Waals surface area contributed by atoms with Crippen molar-refractivity contribution >= 4 is 5.96 Å². The SMILES string of the molecule is CCNC(=NCC1(c2ccc(OCC)cc2)CCOCC1)NCCCOCCOC. The Morgan fingerprint density at radius 2 is 1.83 bits per heavy atom. The molecule has 0 radical (unpaired) electrons. The minimum Gasteiger partial charge on any atom is -0.494 e. The van der Waals surface area contributed by atoms with Crippen LogP contribution in [0.4, 0.5) is 0 Å². The van der Waals surface area contributed by atoms with Crippen LogP contribution in [0.25, 0.3) is 0 Å². The van der Waals surface area contributed by atoms with E-state index in [1.807, 2.05) is 6.92 Å². The van der Waals surface area contributed by atoms with E-state index >= 15 is 0 Å². The first kappa shape index (κ1) is 24.4. The van der Waals surface area contributed by atoms with Gasteiger partial charge in [0.1, 0.15) is 5.75 Å². The number of ether oxygens (including phenoxy) is 4. The maximum Gasteiger partial charge on any atom is 0.191 e. The minimum atomic E-state index is -0.00535. The highest BCUT2D eigenvalue weighted by Gasteiger charge is 2.34. The fourth-order valence-corrected chi connectivity index (χ4v) is 3.57. The van der Waals surface area contributed by atoms with Crippen molar-refractivity contribution in [1.82, 2.24) is 10.6 Å². The molecule has 7 nitrogen and oxygen atoms in total. The molecule has 0 atom stereocenters. The molecule has 0 aliphatic carbocycles. The Morgan fingerprint density at radius 1 is 1.07 bits per heavy atom. The number of rotatable bonds is 13. The second kappa shape index (κ2) is 14.2. The number of aliphatic imine (C=N–C) groups is 1. The summed E-state index contributed by atoms with van der Waals surface area (Å²) in [5.41, 5.74) is 1.30. The van der Waals surface area contributed by atoms with Crippen molar-refractivity contribution in [3.63, 3.8) is 0 Å². The van der Waals surface area contributed by atoms with Crippen LogP contribution in [0.15, 0.2) is 29.3 Å². The topological polar surface area (TPSA) is 73.3 Å². The van der Waals surface area contributed by atoms with E-state index in [0.717, 1.165) is 63.8 Å². The molecular weight excluding hydrogens is 382 g/mol. The fourth-order valence-electron chi connectivity index (χ4n) is 3.57. The van der Waals surface area contributed by atoms with Crippen molar-refractivity contribution in [2.45, 2.75) is 38.5 Å². The molecule has 1 aliphatic heterocycles. The Labute approximate surface area is 181 Å². The maximum atomic E-state index is 5.66. The molecule has 1 saturated heterocycles. The molecule has 1 heterocycles. The van der Waals surface area contributed by atoms with Crippen LogP contribution in [-0.2, 0) is 19.6 Å². The van der Waals surface area contributed by atoms with Gasteiger partial charge >= 0.3 is 0 Å². The summed E-state index contributed by atoms with van der Waals surface area (Å²) in [5, 5.41) is 6.78. The number of benzene rings is 1. The highest BCUT2D eigenvalue weighted by Crippen LogP contribution is 2.36. The maximum absolute atomic E-state index is 5.66. The van der Waals surface area contributed by atoms with E-state index in [1.165, 1.54) is 5.56 Å². The quantitative estimate of drug-likeness (QED) is 0.290. The van der Waals surface area contributed by atoms with E-state index in [1.54, 1.807) is 7.11 Å². The van der Waals surface area contributed by atoms with Crippen LogP contribution in [0.2, 0.25) is 0 Å². The second-order valence-electron chi connectivity index (χ2n) is 7.43. The van der Waals surface area contributed by atoms with Crippen LogP contribution in [0, 0.1) is 0 Å². The average molecular weight is 422 g/mol. The van der Waals surface area contributed by atoms with Crippen LogP contribution in [0.3, 0.4) is 0 Å². The molecule has 1 fully saturated rings. The van der Waals surface area contributed by atoms with Gasteiger partial charge in [0, 0.05) is 45.4 Å². The van der Waals surface area contributed by atoms with E-state index in [4.69, 9.17) is 23.9 Å². The first-order valence-corrected chi connectivity index (χ1v) is 11.1. The predicted molar refractivity (Wildman–Crippen MR) is 121 cm³/mol. The number of nitrogens with zero attached hydrogens (tertiary/aromatic N) is 1. The molecule has 0 amide bonds. The summed E-state index contributed by atoms with van der Waals surface area (Å²) >= 11 is 0. The van der Waals surface area contributed by atoms with Gasteiger partial charge in [0.25, 0.3) is 0 Å². The van der Waals surface area contributed by atoms with E-state index in [9.17, 15) is 0 Å². The zero-order valence-corrected chi connectivity index (χ0v) is 18.9. The van der Waals surface area contributed by atoms with E-state index < -0.39 is 0 Å². The number of hydrogen-bond acceptors (Lipinski definition) is 5. The summed E-state index contributed by atoms with van der Waals surface area (Å²) in [6.07, 6.45) is 2.86. The van der Waals surface area contributed by atoms with Crippen molar-refractivity contribution in [3.8, 4) is 5.75 Å². The van der Waals surface area contributed by atoms with Gasteiger partial charge in [0.05, 0.1) is 26.4 Å². The fraction of sp³-hybridized carbons (Fsp3) is 0.696. The zero-order chi connectivity index (χ0) is 21.5. The van der Waals surface area contributed by atoms with Crippen molar-refractivity contribution in [3.05, 3.63) is 29.8 Å². The van der Waals surface area contributed by atoms with Gasteiger partial charge in [-0.2, -0.15) is 0 Å². The van der Waals surface area contributed by atoms with E-state index in [0.29, 0.717) is 26.4 Å². The molecule has 0 bridgehead atoms. The highest BCUT2D eigenvalue weighted by atomic mass is 16.5. The molecule has 1 aromatic carbocycles. The molecule has 0 spiro atoms. The van der Waals surface area contributed by atoms with Crippen LogP contribution in [-0.4, -0.2) is 72.3 Å². The van der Waals surface area contributed by atoms with Crippen LogP contribution in [0.5, 0.6) is 5.75 Å². The molecule has 0 saturated carbocycles. The Morgan fingerprint density at radius 3 is 2.50 bits per heavy atom. The van der Waals surface area contributed by atoms with Crippen LogP contribution >= 0.6 is 0 Å². The smallest absolute Gasteiger partial charge is 0.191 e. The molecule has 2 rings (SSSR count). The Balaban J connectivity index is 1.97. The molecule has 0 unspecified atom stereocenters. The van der Waals surface area contributed by atoms with Gasteiger partial charge < -0.3 is 29.6 Å². The van der Waals surface area contributed by atoms with Crippen molar-refractivity contribution < 1.29 is 18.9 Å². The average Bonchev–Trinajstić information content (AvgIpc) is 2.78. The molecule has 1 aromatic rings. The Kier molecular flexibility index (Phi) is 11.6. The van der Waals surface area contributed by atoms with Crippen molar-refractivity contribution in [1.29, 1.82) is 0 Å². The number of guanidine groups is 1. The van der Waals surface area contributed by atoms with Gasteiger partial charge in [-0.3, -0.25) is 4.99 Å². The summed E-state index contributed by atoms with van der Waals surface area (Å²) in [7, 11) is 1.68. The summed E-state index contributed by atoms with van der Waals surface area (Å²) in [5.74, 6) is 1.76. The molecule has 2 N–H and O–H groups in total. The normalized spacial score (nSPS) is 16.3. The highest BCUT2D eigenvalue weighted by molar-refractivity contribution is 5.79. The largest absolute Gasteiger partial charge is 0.494 e. The molecule has 1 aliphatic rings. The van der Waals surface area contributed by atoms with Crippen LogP contribution in [0.1, 0.15) is 38.7 Å². The van der Waals surface area contributed by atoms with Gasteiger partial charge in [0.2, 0.25) is 0 Å². The van der Waals surface area contributed by atoms with Gasteiger partial charge in [-0.25, -0.2) is 0 Å². The van der Waals surface area contributed by atoms with Crippen molar-refractivity contribution in [2.24, 2.45) is 4.99 Å². The third-order valence-corrected chi connectivity index (χ3v) is 5.30. The third kappa shape index (κ3) is 8.13. The standard InChI is InChI=1S/C23H39N3O4/c1-4-24-22(25-13-6-14-28-18-17-27-3)26-19-23(11-15-29-16-12-23)20-7-9-21(10-8-20)30-5-2/h7-10H,4-6,11-19H2,1-3H3,(H2,24,25,26). The molecule has 170 valence electrons. The lowest BCUT2D eigenvalue weighted by molar-refractivity contribution is 0.0531. The predicted octanol–water partition coefficient (Wildman–Crippen LogP) is 2.74. The van der Waals surface area contributed by atoms with Crippen LogP contribution < -0.4 is 15.4 Å². The van der Waals surface area contributed by atoms with Gasteiger partial charge in [-0.15, -0.1) is 0 Å². The second-order valence-corrected chi connectivity index (χ2v) is 7.43. The molecule has 30 heavy (non-hydrogen) atoms. The lowest BCUT2D eigenvalue weighted by Crippen LogP contribution is -2.41. The summed E-state index contributed by atoms with van der Waals surface area (Å²) in [4.78, 5) is 4.94. The lowest BCUT2D eigenvalue weighted by atomic mass is 9.74. The minimum absolute atomic E-state index is 0.00535. The third-order valence-electron chi connectivity index (χ3n) is 5.30. The monoisotopic (exact) mass is 421 g/mol. The van der Waals surface area contributed by atoms with Gasteiger partial charge in [-0.1, -0.05) is 12.1 Å². The zero-order valence-electron chi connectivity index (χ0n) is 18.9. The number of hydrogen-bond donors (Lipinski definition) is 2. The molecule has 0 aromatic heterocycles. The Bertz CT molecular complexity index is 601. The summed E-state index contributed by atoms with van der Waals surface area (Å²) in [6.45, 7) is 10.7. The first-order valence-electron chi connectivity index (χ1n) is 11.1. The number of methoxy groups -OCH3 is 1. The number of nitrogens with one attached hydrogen (secondary N) is 2. The summed E-state index contributed by atoms with van der Waals surface area (Å²) < 4.78 is 21.8. The molecular formula is C23H39N3O4. The Hall–Kier alpha value is -1.83. The van der Waals surface area contributed by atoms with Gasteiger partial charge in [-0.05, 0) is 50.8 Å².